The molecule has 0 bridgehead atoms. The predicted octanol–water partition coefficient (Wildman–Crippen LogP) is 4.87. The van der Waals surface area contributed by atoms with Crippen LogP contribution in [0.5, 0.6) is 0 Å². The minimum Gasteiger partial charge on any atom is -0.298 e. The van der Waals surface area contributed by atoms with Gasteiger partial charge in [-0.15, -0.1) is 0 Å². The first kappa shape index (κ1) is 21.9. The summed E-state index contributed by atoms with van der Waals surface area (Å²) < 4.78 is 0. The number of nitrogens with zero attached hydrogens (tertiary/aromatic N) is 1. The molecule has 154 valence electrons. The second-order valence-electron chi connectivity index (χ2n) is 7.06. The highest BCUT2D eigenvalue weighted by molar-refractivity contribution is 6.35. The first-order valence-corrected chi connectivity index (χ1v) is 10.1. The molecule has 1 aliphatic heterocycles. The molecule has 1 atom stereocenters. The number of fused-ring (bicyclic) bond motifs is 1. The molecule has 1 heterocycles. The zero-order valence-corrected chi connectivity index (χ0v) is 17.7. The third kappa shape index (κ3) is 4.86. The fraction of sp³-hybridized carbons (Fsp3) is 0.217. The van der Waals surface area contributed by atoms with Gasteiger partial charge in [-0.3, -0.25) is 24.1 Å². The van der Waals surface area contributed by atoms with Crippen LogP contribution >= 0.6 is 23.2 Å². The van der Waals surface area contributed by atoms with Crippen molar-refractivity contribution in [2.75, 3.05) is 6.54 Å². The maximum Gasteiger partial charge on any atom is 0.261 e. The first-order chi connectivity index (χ1) is 14.3. The maximum atomic E-state index is 12.6. The van der Waals surface area contributed by atoms with E-state index < -0.39 is 11.8 Å². The molecule has 0 saturated carbocycles. The predicted molar refractivity (Wildman–Crippen MR) is 115 cm³/mol. The average molecular weight is 444 g/mol. The van der Waals surface area contributed by atoms with Crippen molar-refractivity contribution in [3.63, 3.8) is 0 Å². The van der Waals surface area contributed by atoms with Crippen molar-refractivity contribution >= 4 is 46.6 Å². The molecule has 0 aliphatic carbocycles. The van der Waals surface area contributed by atoms with Crippen molar-refractivity contribution in [2.45, 2.75) is 25.7 Å². The third-order valence-electron chi connectivity index (χ3n) is 4.87. The molecule has 5 nitrogen and oxygen atoms in total. The molecule has 2 aromatic carbocycles. The second kappa shape index (κ2) is 9.37. The van der Waals surface area contributed by atoms with E-state index in [0.717, 1.165) is 10.5 Å². The summed E-state index contributed by atoms with van der Waals surface area (Å²) in [5.41, 5.74) is 1.36. The first-order valence-electron chi connectivity index (χ1n) is 9.38. The second-order valence-corrected chi connectivity index (χ2v) is 7.91. The molecule has 2 aromatic rings. The van der Waals surface area contributed by atoms with Crippen LogP contribution in [0.25, 0.3) is 0 Å². The number of amides is 2. The van der Waals surface area contributed by atoms with E-state index in [1.807, 2.05) is 0 Å². The standard InChI is InChI=1S/C23H19Cl2NO4/c1-14(27)6-7-15(18-11-9-16(24)12-21(18)25)8-10-17(28)13-26-22(29)19-4-2-3-5-20(19)23(26)30/h2-7,9,11-12,15H,8,10,13H2,1H3/b7-6+. The number of benzene rings is 2. The molecule has 0 spiro atoms. The SMILES string of the molecule is CC(=O)/C=C/C(CCC(=O)CN1C(=O)c2ccccc2C1=O)c1ccc(Cl)cc1Cl. The van der Waals surface area contributed by atoms with E-state index in [0.29, 0.717) is 27.6 Å². The van der Waals surface area contributed by atoms with Crippen molar-refractivity contribution in [3.05, 3.63) is 81.4 Å². The number of carbonyl (C=O) groups excluding carboxylic acids is 4. The molecule has 2 amide bonds. The topological polar surface area (TPSA) is 71.5 Å². The molecule has 0 aromatic heterocycles. The Kier molecular flexibility index (Phi) is 6.85. The van der Waals surface area contributed by atoms with Crippen LogP contribution in [0, 0.1) is 0 Å². The smallest absolute Gasteiger partial charge is 0.261 e. The van der Waals surface area contributed by atoms with Gasteiger partial charge in [-0.2, -0.15) is 0 Å². The van der Waals surface area contributed by atoms with Gasteiger partial charge in [-0.05, 0) is 49.2 Å². The molecule has 0 saturated heterocycles. The van der Waals surface area contributed by atoms with Crippen molar-refractivity contribution < 1.29 is 19.2 Å². The van der Waals surface area contributed by atoms with Gasteiger partial charge in [0.15, 0.2) is 11.6 Å². The van der Waals surface area contributed by atoms with E-state index in [9.17, 15) is 19.2 Å². The van der Waals surface area contributed by atoms with Gasteiger partial charge in [0.1, 0.15) is 0 Å². The monoisotopic (exact) mass is 443 g/mol. The van der Waals surface area contributed by atoms with Gasteiger partial charge in [-0.25, -0.2) is 0 Å². The number of Topliss-reactive ketones (excluding diaryl/α,β-unsaturated/α-hetero) is 1. The van der Waals surface area contributed by atoms with Crippen molar-refractivity contribution in [3.8, 4) is 0 Å². The number of imide groups is 1. The molecular formula is C23H19Cl2NO4. The number of hydrogen-bond donors (Lipinski definition) is 0. The average Bonchev–Trinajstić information content (AvgIpc) is 2.94. The Morgan fingerprint density at radius 1 is 1.03 bits per heavy atom. The van der Waals surface area contributed by atoms with Gasteiger partial charge in [0.2, 0.25) is 0 Å². The number of allylic oxidation sites excluding steroid dienone is 2. The maximum absolute atomic E-state index is 12.6. The molecule has 0 fully saturated rings. The molecule has 0 radical (unpaired) electrons. The normalized spacial score (nSPS) is 14.3. The van der Waals surface area contributed by atoms with Gasteiger partial charge in [0.25, 0.3) is 11.8 Å². The van der Waals surface area contributed by atoms with E-state index in [2.05, 4.69) is 0 Å². The molecule has 3 rings (SSSR count). The summed E-state index contributed by atoms with van der Waals surface area (Å²) in [6.07, 6.45) is 3.61. The van der Waals surface area contributed by atoms with Gasteiger partial charge in [0, 0.05) is 22.4 Å². The number of ketones is 2. The summed E-state index contributed by atoms with van der Waals surface area (Å²) >= 11 is 12.3. The third-order valence-corrected chi connectivity index (χ3v) is 5.43. The molecule has 0 N–H and O–H groups in total. The van der Waals surface area contributed by atoms with E-state index in [-0.39, 0.29) is 30.4 Å². The lowest BCUT2D eigenvalue weighted by atomic mass is 9.92. The fourth-order valence-corrected chi connectivity index (χ4v) is 3.91. The highest BCUT2D eigenvalue weighted by Crippen LogP contribution is 2.32. The fourth-order valence-electron chi connectivity index (χ4n) is 3.36. The van der Waals surface area contributed by atoms with Crippen LogP contribution in [0.3, 0.4) is 0 Å². The molecule has 7 heteroatoms. The van der Waals surface area contributed by atoms with Gasteiger partial charge in [0.05, 0.1) is 17.7 Å². The van der Waals surface area contributed by atoms with Crippen LogP contribution < -0.4 is 0 Å². The minimum atomic E-state index is -0.460. The Bertz CT molecular complexity index is 1030. The highest BCUT2D eigenvalue weighted by atomic mass is 35.5. The minimum absolute atomic E-state index is 0.110. The summed E-state index contributed by atoms with van der Waals surface area (Å²) in [6.45, 7) is 1.15. The van der Waals surface area contributed by atoms with Crippen LogP contribution in [-0.2, 0) is 9.59 Å². The lowest BCUT2D eigenvalue weighted by Crippen LogP contribution is -2.34. The Labute approximate surface area is 184 Å². The Morgan fingerprint density at radius 3 is 2.23 bits per heavy atom. The van der Waals surface area contributed by atoms with Crippen molar-refractivity contribution in [1.82, 2.24) is 4.90 Å². The van der Waals surface area contributed by atoms with E-state index in [4.69, 9.17) is 23.2 Å². The Balaban J connectivity index is 1.70. The molecule has 30 heavy (non-hydrogen) atoms. The van der Waals surface area contributed by atoms with Gasteiger partial charge >= 0.3 is 0 Å². The molecule has 1 unspecified atom stereocenters. The zero-order valence-electron chi connectivity index (χ0n) is 16.2. The summed E-state index contributed by atoms with van der Waals surface area (Å²) in [7, 11) is 0. The number of halogens is 2. The van der Waals surface area contributed by atoms with Crippen LogP contribution in [-0.4, -0.2) is 34.8 Å². The Hall–Kier alpha value is -2.76. The number of rotatable bonds is 8. The lowest BCUT2D eigenvalue weighted by Gasteiger charge is -2.17. The van der Waals surface area contributed by atoms with Gasteiger partial charge in [-0.1, -0.05) is 47.5 Å². The summed E-state index contributed by atoms with van der Waals surface area (Å²) in [5, 5.41) is 0.924. The van der Waals surface area contributed by atoms with E-state index in [1.54, 1.807) is 48.5 Å². The van der Waals surface area contributed by atoms with Gasteiger partial charge < -0.3 is 0 Å². The zero-order chi connectivity index (χ0) is 21.8. The number of carbonyl (C=O) groups is 4. The molecule has 1 aliphatic rings. The summed E-state index contributed by atoms with van der Waals surface area (Å²) in [4.78, 5) is 49.8. The summed E-state index contributed by atoms with van der Waals surface area (Å²) in [5.74, 6) is -1.58. The van der Waals surface area contributed by atoms with E-state index in [1.165, 1.54) is 13.0 Å². The van der Waals surface area contributed by atoms with Crippen LogP contribution in [0.15, 0.2) is 54.6 Å². The number of hydrogen-bond acceptors (Lipinski definition) is 4. The van der Waals surface area contributed by atoms with Crippen LogP contribution in [0.1, 0.15) is 52.0 Å². The van der Waals surface area contributed by atoms with Crippen molar-refractivity contribution in [1.29, 1.82) is 0 Å². The lowest BCUT2D eigenvalue weighted by molar-refractivity contribution is -0.119. The largest absolute Gasteiger partial charge is 0.298 e. The Morgan fingerprint density at radius 2 is 1.67 bits per heavy atom. The van der Waals surface area contributed by atoms with Crippen molar-refractivity contribution in [2.24, 2.45) is 0 Å². The quantitative estimate of drug-likeness (QED) is 0.430. The van der Waals surface area contributed by atoms with Crippen LogP contribution in [0.2, 0.25) is 10.0 Å². The summed E-state index contributed by atoms with van der Waals surface area (Å²) in [6, 6.07) is 11.6. The molecular weight excluding hydrogens is 425 g/mol. The van der Waals surface area contributed by atoms with E-state index >= 15 is 0 Å². The highest BCUT2D eigenvalue weighted by Gasteiger charge is 2.36. The van der Waals surface area contributed by atoms with Crippen LogP contribution in [0.4, 0.5) is 0 Å².